The second-order valence-corrected chi connectivity index (χ2v) is 3.53. The predicted molar refractivity (Wildman–Crippen MR) is 35.9 cm³/mol. The van der Waals surface area contributed by atoms with Crippen LogP contribution >= 0.6 is 0 Å². The van der Waals surface area contributed by atoms with Gasteiger partial charge in [0.1, 0.15) is 0 Å². The summed E-state index contributed by atoms with van der Waals surface area (Å²) in [5, 5.41) is 18.0. The zero-order chi connectivity index (χ0) is 7.14. The van der Waals surface area contributed by atoms with Crippen molar-refractivity contribution < 1.29 is 5.11 Å². The summed E-state index contributed by atoms with van der Waals surface area (Å²) in [4.78, 5) is 0. The van der Waals surface area contributed by atoms with Gasteiger partial charge in [0.25, 0.3) is 0 Å². The molecule has 2 bridgehead atoms. The molecule has 0 unspecified atom stereocenters. The van der Waals surface area contributed by atoms with Gasteiger partial charge in [-0.3, -0.25) is 0 Å². The van der Waals surface area contributed by atoms with Gasteiger partial charge in [-0.15, -0.1) is 0 Å². The van der Waals surface area contributed by atoms with Gasteiger partial charge in [-0.25, -0.2) is 0 Å². The molecule has 2 saturated carbocycles. The van der Waals surface area contributed by atoms with Gasteiger partial charge >= 0.3 is 0 Å². The molecule has 2 aliphatic carbocycles. The lowest BCUT2D eigenvalue weighted by atomic mass is 9.88. The predicted octanol–water partition coefficient (Wildman–Crippen LogP) is 0.917. The molecule has 1 N–H and O–H groups in total. The van der Waals surface area contributed by atoms with E-state index in [0.717, 1.165) is 19.3 Å². The molecule has 2 nitrogen and oxygen atoms in total. The SMILES string of the molecule is N#C[C@@H]1C[C@H]2C[C@H]1C[C@H]2O. The van der Waals surface area contributed by atoms with Crippen LogP contribution in [0.15, 0.2) is 0 Å². The second kappa shape index (κ2) is 1.96. The van der Waals surface area contributed by atoms with Crippen LogP contribution in [-0.4, -0.2) is 11.2 Å². The van der Waals surface area contributed by atoms with Crippen molar-refractivity contribution >= 4 is 0 Å². The third-order valence-corrected chi connectivity index (χ3v) is 2.99. The number of nitrogens with zero attached hydrogens (tertiary/aromatic N) is 1. The Kier molecular flexibility index (Phi) is 1.21. The van der Waals surface area contributed by atoms with Crippen molar-refractivity contribution in [2.75, 3.05) is 0 Å². The van der Waals surface area contributed by atoms with E-state index in [2.05, 4.69) is 6.07 Å². The summed E-state index contributed by atoms with van der Waals surface area (Å²) in [6.07, 6.45) is 2.83. The van der Waals surface area contributed by atoms with E-state index in [1.165, 1.54) is 0 Å². The fourth-order valence-electron chi connectivity index (χ4n) is 2.40. The second-order valence-electron chi connectivity index (χ2n) is 3.53. The third-order valence-electron chi connectivity index (χ3n) is 2.99. The van der Waals surface area contributed by atoms with Gasteiger partial charge in [0.2, 0.25) is 0 Å². The van der Waals surface area contributed by atoms with Crippen LogP contribution in [0.4, 0.5) is 0 Å². The molecular weight excluding hydrogens is 126 g/mol. The molecule has 0 spiro atoms. The van der Waals surface area contributed by atoms with E-state index in [4.69, 9.17) is 5.26 Å². The molecule has 0 heterocycles. The summed E-state index contributed by atoms with van der Waals surface area (Å²) in [5.41, 5.74) is 0. The standard InChI is InChI=1S/C8H11NO/c9-4-7-2-6-1-5(7)3-8(6)10/h5-8,10H,1-3H2/t5-,6+,7-,8+/m0/s1. The molecule has 2 heteroatoms. The van der Waals surface area contributed by atoms with E-state index < -0.39 is 0 Å². The smallest absolute Gasteiger partial charge is 0.0658 e. The fourth-order valence-corrected chi connectivity index (χ4v) is 2.40. The Morgan fingerprint density at radius 1 is 1.20 bits per heavy atom. The number of rotatable bonds is 0. The highest BCUT2D eigenvalue weighted by molar-refractivity contribution is 5.03. The first-order valence-corrected chi connectivity index (χ1v) is 3.89. The summed E-state index contributed by atoms with van der Waals surface area (Å²) in [7, 11) is 0. The molecule has 2 aliphatic rings. The molecule has 0 amide bonds. The van der Waals surface area contributed by atoms with Crippen molar-refractivity contribution in [2.45, 2.75) is 25.4 Å². The Balaban J connectivity index is 2.11. The van der Waals surface area contributed by atoms with Crippen molar-refractivity contribution in [1.82, 2.24) is 0 Å². The number of hydrogen-bond acceptors (Lipinski definition) is 2. The average Bonchev–Trinajstić information content (AvgIpc) is 2.44. The maximum Gasteiger partial charge on any atom is 0.0658 e. The highest BCUT2D eigenvalue weighted by atomic mass is 16.3. The minimum Gasteiger partial charge on any atom is -0.393 e. The number of fused-ring (bicyclic) bond motifs is 2. The van der Waals surface area contributed by atoms with Crippen LogP contribution in [0.25, 0.3) is 0 Å². The van der Waals surface area contributed by atoms with Crippen LogP contribution < -0.4 is 0 Å². The first-order chi connectivity index (χ1) is 4.81. The Bertz CT molecular complexity index is 182. The van der Waals surface area contributed by atoms with Gasteiger partial charge in [-0.05, 0) is 31.1 Å². The van der Waals surface area contributed by atoms with E-state index in [1.807, 2.05) is 0 Å². The number of aliphatic hydroxyl groups excluding tert-OH is 1. The van der Waals surface area contributed by atoms with Crippen molar-refractivity contribution in [3.63, 3.8) is 0 Å². The summed E-state index contributed by atoms with van der Waals surface area (Å²) >= 11 is 0. The van der Waals surface area contributed by atoms with Gasteiger partial charge < -0.3 is 5.11 Å². The summed E-state index contributed by atoms with van der Waals surface area (Å²) in [5.74, 6) is 1.23. The highest BCUT2D eigenvalue weighted by Gasteiger charge is 2.45. The molecule has 0 saturated heterocycles. The molecule has 2 rings (SSSR count). The molecule has 2 fully saturated rings. The lowest BCUT2D eigenvalue weighted by Crippen LogP contribution is -2.20. The van der Waals surface area contributed by atoms with Crippen LogP contribution in [0.2, 0.25) is 0 Å². The summed E-state index contributed by atoms with van der Waals surface area (Å²) < 4.78 is 0. The van der Waals surface area contributed by atoms with Crippen LogP contribution in [0.3, 0.4) is 0 Å². The first-order valence-electron chi connectivity index (χ1n) is 3.89. The Morgan fingerprint density at radius 2 is 2.00 bits per heavy atom. The fraction of sp³-hybridized carbons (Fsp3) is 0.875. The van der Waals surface area contributed by atoms with E-state index in [-0.39, 0.29) is 12.0 Å². The van der Waals surface area contributed by atoms with Crippen LogP contribution in [0, 0.1) is 29.1 Å². The van der Waals surface area contributed by atoms with Gasteiger partial charge in [0.05, 0.1) is 12.2 Å². The number of hydrogen-bond donors (Lipinski definition) is 1. The van der Waals surface area contributed by atoms with Gasteiger partial charge in [-0.2, -0.15) is 5.26 Å². The lowest BCUT2D eigenvalue weighted by Gasteiger charge is -2.18. The third kappa shape index (κ3) is 0.674. The monoisotopic (exact) mass is 137 g/mol. The van der Waals surface area contributed by atoms with Crippen LogP contribution in [0.5, 0.6) is 0 Å². The molecule has 0 aliphatic heterocycles. The van der Waals surface area contributed by atoms with E-state index in [0.29, 0.717) is 11.8 Å². The van der Waals surface area contributed by atoms with Crippen LogP contribution in [-0.2, 0) is 0 Å². The van der Waals surface area contributed by atoms with Crippen molar-refractivity contribution in [3.05, 3.63) is 0 Å². The van der Waals surface area contributed by atoms with Gasteiger partial charge in [0.15, 0.2) is 0 Å². The minimum atomic E-state index is -0.0883. The van der Waals surface area contributed by atoms with Crippen molar-refractivity contribution in [1.29, 1.82) is 5.26 Å². The van der Waals surface area contributed by atoms with E-state index in [9.17, 15) is 5.11 Å². The molecule has 54 valence electrons. The molecule has 4 atom stereocenters. The average molecular weight is 137 g/mol. The molecular formula is C8H11NO. The first kappa shape index (κ1) is 6.18. The largest absolute Gasteiger partial charge is 0.393 e. The topological polar surface area (TPSA) is 44.0 Å². The lowest BCUT2D eigenvalue weighted by molar-refractivity contribution is 0.104. The van der Waals surface area contributed by atoms with E-state index >= 15 is 0 Å². The van der Waals surface area contributed by atoms with E-state index in [1.54, 1.807) is 0 Å². The minimum absolute atomic E-state index is 0.0883. The molecule has 0 aromatic rings. The Hall–Kier alpha value is -0.550. The van der Waals surface area contributed by atoms with Gasteiger partial charge in [-0.1, -0.05) is 0 Å². The van der Waals surface area contributed by atoms with Crippen molar-refractivity contribution in [2.24, 2.45) is 17.8 Å². The summed E-state index contributed by atoms with van der Waals surface area (Å²) in [6, 6.07) is 2.30. The molecule has 0 radical (unpaired) electrons. The normalized spacial score (nSPS) is 51.2. The molecule has 0 aromatic carbocycles. The molecule has 10 heavy (non-hydrogen) atoms. The molecule has 0 aromatic heterocycles. The maximum absolute atomic E-state index is 9.32. The van der Waals surface area contributed by atoms with Gasteiger partial charge in [0, 0.05) is 5.92 Å². The zero-order valence-electron chi connectivity index (χ0n) is 5.83. The number of aliphatic hydroxyl groups is 1. The van der Waals surface area contributed by atoms with Crippen LogP contribution in [0.1, 0.15) is 19.3 Å². The highest BCUT2D eigenvalue weighted by Crippen LogP contribution is 2.47. The van der Waals surface area contributed by atoms with Crippen molar-refractivity contribution in [3.8, 4) is 6.07 Å². The maximum atomic E-state index is 9.32. The quantitative estimate of drug-likeness (QED) is 0.539. The Labute approximate surface area is 60.5 Å². The summed E-state index contributed by atoms with van der Waals surface area (Å²) in [6.45, 7) is 0. The Morgan fingerprint density at radius 3 is 2.40 bits per heavy atom. The number of nitriles is 1. The zero-order valence-corrected chi connectivity index (χ0v) is 5.83.